The Bertz CT molecular complexity index is 1870. The van der Waals surface area contributed by atoms with Crippen LogP contribution in [0.4, 0.5) is 0 Å². The molecule has 3 saturated carbocycles. The monoisotopic (exact) mass is 919 g/mol. The summed E-state index contributed by atoms with van der Waals surface area (Å²) in [5.41, 5.74) is -0.267. The Kier molecular flexibility index (Phi) is 14.8. The molecule has 4 N–H and O–H groups in total. The first-order chi connectivity index (χ1) is 30.2. The number of amides is 7. The van der Waals surface area contributed by atoms with Gasteiger partial charge in [-0.1, -0.05) is 19.3 Å². The SMILES string of the molecule is CS(=O)(=O)N1CCC(C(=O)N[C@@H](COCC2CCC(C(=O)N3CC(COC4CCC5C(=O)N(C6CCC(=O)NC6=O)C(=O)C5C4)C3)CC2)C(=O)NC2NC(C3CCCCC3)CS2)C1. The number of likely N-dealkylation sites (tertiary alicyclic amines) is 2. The third-order valence-electron chi connectivity index (χ3n) is 15.0. The molecule has 8 atom stereocenters. The molecule has 63 heavy (non-hydrogen) atoms. The normalized spacial score (nSPS) is 34.1. The molecule has 7 amide bonds. The van der Waals surface area contributed by atoms with Crippen LogP contribution in [0.3, 0.4) is 0 Å². The molecule has 18 nitrogen and oxygen atoms in total. The molecule has 0 bridgehead atoms. The number of nitrogens with one attached hydrogen (secondary N) is 4. The Hall–Kier alpha value is -3.17. The first kappa shape index (κ1) is 46.4. The van der Waals surface area contributed by atoms with E-state index in [9.17, 15) is 42.0 Å². The summed E-state index contributed by atoms with van der Waals surface area (Å²) in [6, 6.07) is -1.54. The van der Waals surface area contributed by atoms with Gasteiger partial charge in [-0.05, 0) is 82.5 Å². The highest BCUT2D eigenvalue weighted by Crippen LogP contribution is 2.41. The van der Waals surface area contributed by atoms with Crippen molar-refractivity contribution in [3.05, 3.63) is 0 Å². The molecule has 350 valence electrons. The van der Waals surface area contributed by atoms with E-state index >= 15 is 0 Å². The minimum absolute atomic E-state index is 0.0169. The van der Waals surface area contributed by atoms with Crippen molar-refractivity contribution in [1.82, 2.24) is 35.4 Å². The second-order valence-corrected chi connectivity index (χ2v) is 22.5. The maximum atomic E-state index is 13.7. The molecule has 0 radical (unpaired) electrons. The van der Waals surface area contributed by atoms with Crippen molar-refractivity contribution in [1.29, 1.82) is 0 Å². The predicted octanol–water partition coefficient (Wildman–Crippen LogP) is 0.695. The van der Waals surface area contributed by atoms with Crippen LogP contribution in [0.1, 0.15) is 96.3 Å². The van der Waals surface area contributed by atoms with E-state index in [2.05, 4.69) is 21.3 Å². The lowest BCUT2D eigenvalue weighted by Crippen LogP contribution is -2.55. The molecule has 3 aliphatic carbocycles. The Labute approximate surface area is 374 Å². The lowest BCUT2D eigenvalue weighted by Gasteiger charge is -2.42. The summed E-state index contributed by atoms with van der Waals surface area (Å²) < 4.78 is 37.9. The molecule has 0 aromatic heterocycles. The fourth-order valence-corrected chi connectivity index (χ4v) is 13.3. The first-order valence-corrected chi connectivity index (χ1v) is 26.2. The van der Waals surface area contributed by atoms with Gasteiger partial charge in [0.2, 0.25) is 51.4 Å². The van der Waals surface area contributed by atoms with E-state index in [0.29, 0.717) is 63.9 Å². The third kappa shape index (κ3) is 10.9. The van der Waals surface area contributed by atoms with E-state index in [1.807, 2.05) is 4.90 Å². The molecule has 8 rings (SSSR count). The molecule has 5 heterocycles. The van der Waals surface area contributed by atoms with Gasteiger partial charge in [0.1, 0.15) is 17.6 Å². The number of thioether (sulfide) groups is 1. The number of rotatable bonds is 15. The molecular formula is C43H65N7O11S2. The van der Waals surface area contributed by atoms with E-state index in [4.69, 9.17) is 9.47 Å². The fraction of sp³-hybridized carbons (Fsp3) is 0.837. The van der Waals surface area contributed by atoms with Crippen LogP contribution in [-0.4, -0.2) is 152 Å². The Morgan fingerprint density at radius 1 is 0.841 bits per heavy atom. The predicted molar refractivity (Wildman–Crippen MR) is 229 cm³/mol. The number of ether oxygens (including phenoxy) is 2. The zero-order valence-corrected chi connectivity index (χ0v) is 38.0. The highest BCUT2D eigenvalue weighted by molar-refractivity contribution is 8.00. The number of nitrogens with zero attached hydrogens (tertiary/aromatic N) is 3. The number of piperidine rings is 1. The number of imide groups is 2. The largest absolute Gasteiger partial charge is 0.378 e. The zero-order valence-electron chi connectivity index (χ0n) is 36.3. The minimum atomic E-state index is -3.43. The van der Waals surface area contributed by atoms with E-state index < -0.39 is 51.7 Å². The van der Waals surface area contributed by atoms with Crippen molar-refractivity contribution in [3.8, 4) is 0 Å². The van der Waals surface area contributed by atoms with Crippen LogP contribution >= 0.6 is 11.8 Å². The summed E-state index contributed by atoms with van der Waals surface area (Å²) in [6.45, 7) is 2.41. The number of sulfonamides is 1. The third-order valence-corrected chi connectivity index (χ3v) is 17.4. The van der Waals surface area contributed by atoms with E-state index in [-0.39, 0.29) is 91.4 Å². The van der Waals surface area contributed by atoms with Gasteiger partial charge in [-0.25, -0.2) is 12.7 Å². The number of hydrogen-bond donors (Lipinski definition) is 4. The number of carbonyl (C=O) groups excluding carboxylic acids is 7. The molecular weight excluding hydrogens is 855 g/mol. The van der Waals surface area contributed by atoms with Gasteiger partial charge in [0.15, 0.2) is 0 Å². The van der Waals surface area contributed by atoms with Gasteiger partial charge < -0.3 is 25.0 Å². The molecule has 8 aliphatic rings. The van der Waals surface area contributed by atoms with Crippen LogP contribution in [0, 0.1) is 41.4 Å². The van der Waals surface area contributed by atoms with Crippen molar-refractivity contribution in [2.75, 3.05) is 58.0 Å². The lowest BCUT2D eigenvalue weighted by molar-refractivity contribution is -0.151. The standard InChI is InChI=1S/C43H65N7O11S2/c1-63(58,59)49-16-15-29(20-49)37(52)44-33(38(53)47-43-45-34(24-62-43)27-5-3-2-4-6-27)23-60-21-25-7-9-28(10-8-25)40(55)48-18-26(19-48)22-61-30-11-12-31-32(17-30)42(57)50(41(31)56)35-13-14-36(51)46-39(35)54/h25-35,43,45H,2-24H2,1H3,(H,44,52)(H,47,53)(H,46,51,54)/t25?,28?,29?,30?,31?,32?,33-,34?,35?,43?/m0/s1. The van der Waals surface area contributed by atoms with Crippen LogP contribution in [0.15, 0.2) is 0 Å². The Balaban J connectivity index is 0.743. The fourth-order valence-electron chi connectivity index (χ4n) is 11.2. The van der Waals surface area contributed by atoms with Crippen molar-refractivity contribution >= 4 is 63.1 Å². The second-order valence-electron chi connectivity index (χ2n) is 19.4. The first-order valence-electron chi connectivity index (χ1n) is 23.3. The maximum absolute atomic E-state index is 13.7. The van der Waals surface area contributed by atoms with Gasteiger partial charge in [0.05, 0.1) is 43.3 Å². The lowest BCUT2D eigenvalue weighted by atomic mass is 9.79. The molecule has 20 heteroatoms. The van der Waals surface area contributed by atoms with Gasteiger partial charge in [0.25, 0.3) is 0 Å². The average Bonchev–Trinajstić information content (AvgIpc) is 4.00. The van der Waals surface area contributed by atoms with Crippen LogP contribution in [0.5, 0.6) is 0 Å². The van der Waals surface area contributed by atoms with Gasteiger partial charge in [0, 0.05) is 62.8 Å². The second kappa shape index (κ2) is 20.1. The van der Waals surface area contributed by atoms with Gasteiger partial charge in [-0.2, -0.15) is 0 Å². The van der Waals surface area contributed by atoms with E-state index in [0.717, 1.165) is 42.6 Å². The summed E-state index contributed by atoms with van der Waals surface area (Å²) in [5, 5.41) is 11.8. The van der Waals surface area contributed by atoms with Crippen LogP contribution in [0.25, 0.3) is 0 Å². The van der Waals surface area contributed by atoms with Crippen LogP contribution in [0.2, 0.25) is 0 Å². The van der Waals surface area contributed by atoms with Gasteiger partial charge in [-0.15, -0.1) is 11.8 Å². The summed E-state index contributed by atoms with van der Waals surface area (Å²) in [7, 11) is -3.43. The van der Waals surface area contributed by atoms with Gasteiger partial charge in [-0.3, -0.25) is 49.1 Å². The number of hydrogen-bond acceptors (Lipinski definition) is 13. The van der Waals surface area contributed by atoms with Crippen molar-refractivity contribution in [2.24, 2.45) is 41.4 Å². The van der Waals surface area contributed by atoms with Crippen LogP contribution in [-0.2, 0) is 53.1 Å². The highest BCUT2D eigenvalue weighted by Gasteiger charge is 2.54. The average molecular weight is 920 g/mol. The topological polar surface area (TPSA) is 230 Å². The van der Waals surface area contributed by atoms with Crippen molar-refractivity contribution in [3.63, 3.8) is 0 Å². The van der Waals surface area contributed by atoms with Crippen molar-refractivity contribution < 1.29 is 51.5 Å². The molecule has 5 saturated heterocycles. The molecule has 0 aromatic rings. The summed E-state index contributed by atoms with van der Waals surface area (Å²) in [4.78, 5) is 94.0. The summed E-state index contributed by atoms with van der Waals surface area (Å²) in [6.07, 6.45) is 12.4. The highest BCUT2D eigenvalue weighted by atomic mass is 32.2. The van der Waals surface area contributed by atoms with E-state index in [1.165, 1.54) is 36.4 Å². The summed E-state index contributed by atoms with van der Waals surface area (Å²) in [5.74, 6) is -1.91. The molecule has 0 spiro atoms. The van der Waals surface area contributed by atoms with Crippen LogP contribution < -0.4 is 21.3 Å². The smallest absolute Gasteiger partial charge is 0.249 e. The van der Waals surface area contributed by atoms with Crippen molar-refractivity contribution in [2.45, 2.75) is 126 Å². The molecule has 5 aliphatic heterocycles. The molecule has 0 aromatic carbocycles. The molecule has 8 fully saturated rings. The quantitative estimate of drug-likeness (QED) is 0.166. The number of fused-ring (bicyclic) bond motifs is 1. The number of carbonyl (C=O) groups is 7. The maximum Gasteiger partial charge on any atom is 0.249 e. The summed E-state index contributed by atoms with van der Waals surface area (Å²) >= 11 is 1.66. The zero-order chi connectivity index (χ0) is 44.4. The van der Waals surface area contributed by atoms with Gasteiger partial charge >= 0.3 is 0 Å². The minimum Gasteiger partial charge on any atom is -0.378 e. The molecule has 7 unspecified atom stereocenters. The van der Waals surface area contributed by atoms with E-state index in [1.54, 1.807) is 11.8 Å². The Morgan fingerprint density at radius 3 is 2.30 bits per heavy atom. The Morgan fingerprint density at radius 2 is 1.59 bits per heavy atom.